The van der Waals surface area contributed by atoms with Gasteiger partial charge < -0.3 is 14.2 Å². The molecule has 6 heteroatoms. The van der Waals surface area contributed by atoms with Gasteiger partial charge in [0.25, 0.3) is 0 Å². The molecule has 0 N–H and O–H groups in total. The topological polar surface area (TPSA) is 48.0 Å². The van der Waals surface area contributed by atoms with Crippen molar-refractivity contribution in [2.45, 2.75) is 12.5 Å². The molecular formula is C25H22BrNO4. The number of alkyl halides is 1. The predicted molar refractivity (Wildman–Crippen MR) is 123 cm³/mol. The highest BCUT2D eigenvalue weighted by atomic mass is 79.9. The van der Waals surface area contributed by atoms with Gasteiger partial charge in [-0.1, -0.05) is 76.6 Å². The van der Waals surface area contributed by atoms with Gasteiger partial charge in [-0.3, -0.25) is 9.69 Å². The van der Waals surface area contributed by atoms with Gasteiger partial charge in [0.2, 0.25) is 12.7 Å². The zero-order valence-corrected chi connectivity index (χ0v) is 18.4. The molecule has 1 atom stereocenters. The molecule has 1 aliphatic heterocycles. The molecule has 0 fully saturated rings. The Kier molecular flexibility index (Phi) is 6.89. The van der Waals surface area contributed by atoms with Crippen molar-refractivity contribution in [2.75, 3.05) is 17.0 Å². The Bertz CT molecular complexity index is 1040. The standard InChI is InChI=1S/C25H22BrNO4/c26-16-25(28)27(21-13-7-8-14-23(21)31-20-11-5-2-6-12-20)22(24-17-29-18-30-24)15-19-9-3-1-4-10-19/h1-14,17,22H,15-16,18H2. The summed E-state index contributed by atoms with van der Waals surface area (Å²) in [6, 6.07) is 26.6. The Labute approximate surface area is 190 Å². The van der Waals surface area contributed by atoms with E-state index in [1.54, 1.807) is 11.2 Å². The minimum Gasteiger partial charge on any atom is -0.462 e. The van der Waals surface area contributed by atoms with Crippen LogP contribution in [0, 0.1) is 0 Å². The highest BCUT2D eigenvalue weighted by molar-refractivity contribution is 9.09. The van der Waals surface area contributed by atoms with Crippen molar-refractivity contribution in [3.8, 4) is 11.5 Å². The average molecular weight is 480 g/mol. The number of rotatable bonds is 8. The van der Waals surface area contributed by atoms with Crippen LogP contribution in [0.1, 0.15) is 5.56 Å². The van der Waals surface area contributed by atoms with Gasteiger partial charge in [0.1, 0.15) is 18.1 Å². The smallest absolute Gasteiger partial charge is 0.238 e. The van der Waals surface area contributed by atoms with Crippen molar-refractivity contribution in [2.24, 2.45) is 0 Å². The van der Waals surface area contributed by atoms with E-state index in [0.29, 0.717) is 29.4 Å². The van der Waals surface area contributed by atoms with Crippen LogP contribution in [0.15, 0.2) is 97.0 Å². The number of ether oxygens (including phenoxy) is 3. The highest BCUT2D eigenvalue weighted by Gasteiger charge is 2.33. The molecule has 31 heavy (non-hydrogen) atoms. The molecule has 158 valence electrons. The van der Waals surface area contributed by atoms with Crippen molar-refractivity contribution in [1.29, 1.82) is 0 Å². The lowest BCUT2D eigenvalue weighted by Crippen LogP contribution is -2.44. The van der Waals surface area contributed by atoms with Crippen LogP contribution in [-0.2, 0) is 20.7 Å². The second-order valence-corrected chi connectivity index (χ2v) is 7.50. The summed E-state index contributed by atoms with van der Waals surface area (Å²) in [6.07, 6.45) is 2.15. The molecule has 0 aliphatic carbocycles. The molecule has 5 nitrogen and oxygen atoms in total. The van der Waals surface area contributed by atoms with Gasteiger partial charge in [0.05, 0.1) is 11.0 Å². The summed E-state index contributed by atoms with van der Waals surface area (Å²) in [7, 11) is 0. The van der Waals surface area contributed by atoms with E-state index >= 15 is 0 Å². The van der Waals surface area contributed by atoms with Crippen molar-refractivity contribution >= 4 is 27.5 Å². The summed E-state index contributed by atoms with van der Waals surface area (Å²) >= 11 is 3.34. The lowest BCUT2D eigenvalue weighted by atomic mass is 10.0. The summed E-state index contributed by atoms with van der Waals surface area (Å²) in [6.45, 7) is 0.138. The molecule has 1 aliphatic rings. The van der Waals surface area contributed by atoms with Crippen molar-refractivity contribution < 1.29 is 19.0 Å². The van der Waals surface area contributed by atoms with Gasteiger partial charge in [-0.25, -0.2) is 0 Å². The fraction of sp³-hybridized carbons (Fsp3) is 0.160. The number of para-hydroxylation sites is 3. The lowest BCUT2D eigenvalue weighted by Gasteiger charge is -2.32. The third-order valence-electron chi connectivity index (χ3n) is 4.88. The van der Waals surface area contributed by atoms with E-state index in [-0.39, 0.29) is 18.0 Å². The van der Waals surface area contributed by atoms with Crippen LogP contribution in [0.2, 0.25) is 0 Å². The predicted octanol–water partition coefficient (Wildman–Crippen LogP) is 5.66. The molecule has 0 saturated carbocycles. The van der Waals surface area contributed by atoms with Crippen molar-refractivity contribution in [3.05, 3.63) is 103 Å². The number of anilines is 1. The summed E-state index contributed by atoms with van der Waals surface area (Å²) in [4.78, 5) is 14.9. The van der Waals surface area contributed by atoms with E-state index < -0.39 is 6.04 Å². The molecule has 1 unspecified atom stereocenters. The van der Waals surface area contributed by atoms with Crippen LogP contribution in [-0.4, -0.2) is 24.1 Å². The number of nitrogens with zero attached hydrogens (tertiary/aromatic N) is 1. The van der Waals surface area contributed by atoms with Crippen LogP contribution >= 0.6 is 15.9 Å². The Morgan fingerprint density at radius 2 is 1.65 bits per heavy atom. The Hall–Kier alpha value is -3.25. The maximum Gasteiger partial charge on any atom is 0.238 e. The number of hydrogen-bond acceptors (Lipinski definition) is 4. The third kappa shape index (κ3) is 5.09. The van der Waals surface area contributed by atoms with E-state index in [0.717, 1.165) is 5.56 Å². The number of amides is 1. The fourth-order valence-corrected chi connectivity index (χ4v) is 3.75. The SMILES string of the molecule is O=C(CBr)N(c1ccccc1Oc1ccccc1)C(Cc1ccccc1)C1=COCO1. The summed E-state index contributed by atoms with van der Waals surface area (Å²) in [5.74, 6) is 1.77. The van der Waals surface area contributed by atoms with Crippen molar-refractivity contribution in [3.63, 3.8) is 0 Å². The third-order valence-corrected chi connectivity index (χ3v) is 5.36. The normalized spacial score (nSPS) is 13.5. The van der Waals surface area contributed by atoms with Crippen molar-refractivity contribution in [1.82, 2.24) is 0 Å². The maximum atomic E-state index is 13.2. The van der Waals surface area contributed by atoms with Gasteiger partial charge in [0.15, 0.2) is 11.5 Å². The number of benzene rings is 3. The first kappa shape index (κ1) is 21.0. The summed E-state index contributed by atoms with van der Waals surface area (Å²) in [5.41, 5.74) is 1.74. The van der Waals surface area contributed by atoms with E-state index in [1.165, 1.54) is 0 Å². The number of hydrogen-bond donors (Lipinski definition) is 0. The molecule has 0 bridgehead atoms. The molecule has 1 heterocycles. The zero-order valence-electron chi connectivity index (χ0n) is 16.8. The minimum atomic E-state index is -0.393. The first-order valence-electron chi connectivity index (χ1n) is 9.94. The van der Waals surface area contributed by atoms with E-state index in [9.17, 15) is 4.79 Å². The number of halogens is 1. The van der Waals surface area contributed by atoms with E-state index in [2.05, 4.69) is 15.9 Å². The summed E-state index contributed by atoms with van der Waals surface area (Å²) in [5, 5.41) is 0.159. The van der Waals surface area contributed by atoms with E-state index in [1.807, 2.05) is 84.9 Å². The first-order chi connectivity index (χ1) is 15.3. The lowest BCUT2D eigenvalue weighted by molar-refractivity contribution is -0.116. The summed E-state index contributed by atoms with van der Waals surface area (Å²) < 4.78 is 17.2. The quantitative estimate of drug-likeness (QED) is 0.390. The molecule has 3 aromatic carbocycles. The Balaban J connectivity index is 1.76. The van der Waals surface area contributed by atoms with E-state index in [4.69, 9.17) is 14.2 Å². The van der Waals surface area contributed by atoms with Gasteiger partial charge in [0, 0.05) is 6.42 Å². The largest absolute Gasteiger partial charge is 0.462 e. The van der Waals surface area contributed by atoms with Gasteiger partial charge in [-0.2, -0.15) is 0 Å². The second kappa shape index (κ2) is 10.2. The monoisotopic (exact) mass is 479 g/mol. The van der Waals surface area contributed by atoms with Gasteiger partial charge in [-0.05, 0) is 29.8 Å². The molecule has 3 aromatic rings. The highest BCUT2D eigenvalue weighted by Crippen LogP contribution is 2.36. The molecule has 0 aromatic heterocycles. The Morgan fingerprint density at radius 1 is 0.968 bits per heavy atom. The van der Waals surface area contributed by atoms with Crippen LogP contribution in [0.25, 0.3) is 0 Å². The second-order valence-electron chi connectivity index (χ2n) is 6.93. The molecule has 0 radical (unpaired) electrons. The van der Waals surface area contributed by atoms with Crippen LogP contribution in [0.4, 0.5) is 5.69 Å². The Morgan fingerprint density at radius 3 is 2.32 bits per heavy atom. The molecule has 1 amide bonds. The van der Waals surface area contributed by atoms with Gasteiger partial charge >= 0.3 is 0 Å². The first-order valence-corrected chi connectivity index (χ1v) is 11.1. The molecule has 0 saturated heterocycles. The van der Waals surface area contributed by atoms with Crippen LogP contribution < -0.4 is 9.64 Å². The number of carbonyl (C=O) groups excluding carboxylic acids is 1. The molecule has 4 rings (SSSR count). The average Bonchev–Trinajstić information content (AvgIpc) is 3.36. The molecular weight excluding hydrogens is 458 g/mol. The van der Waals surface area contributed by atoms with Crippen LogP contribution in [0.5, 0.6) is 11.5 Å². The number of carbonyl (C=O) groups is 1. The minimum absolute atomic E-state index is 0.110. The fourth-order valence-electron chi connectivity index (χ4n) is 3.48. The molecule has 0 spiro atoms. The van der Waals surface area contributed by atoms with Crippen LogP contribution in [0.3, 0.4) is 0 Å². The van der Waals surface area contributed by atoms with Gasteiger partial charge in [-0.15, -0.1) is 0 Å². The maximum absolute atomic E-state index is 13.2. The zero-order chi connectivity index (χ0) is 21.5.